The first kappa shape index (κ1) is 10.0. The van der Waals surface area contributed by atoms with Crippen LogP contribution in [0.15, 0.2) is 18.2 Å². The third-order valence-corrected chi connectivity index (χ3v) is 2.66. The molecule has 3 nitrogen and oxygen atoms in total. The lowest BCUT2D eigenvalue weighted by molar-refractivity contribution is 0.0963. The zero-order valence-electron chi connectivity index (χ0n) is 9.13. The summed E-state index contributed by atoms with van der Waals surface area (Å²) in [5.74, 6) is -0.0335. The van der Waals surface area contributed by atoms with Crippen LogP contribution < -0.4 is 10.6 Å². The SMILES string of the molecule is CNC(=O)c1ccc(C)c(NC2CC2)c1. The molecule has 0 spiro atoms. The number of hydrogen-bond donors (Lipinski definition) is 2. The molecule has 1 saturated carbocycles. The van der Waals surface area contributed by atoms with Crippen molar-refractivity contribution >= 4 is 11.6 Å². The van der Waals surface area contributed by atoms with E-state index in [-0.39, 0.29) is 5.91 Å². The van der Waals surface area contributed by atoms with Gasteiger partial charge in [0.05, 0.1) is 0 Å². The molecule has 1 aromatic carbocycles. The molecule has 2 rings (SSSR count). The summed E-state index contributed by atoms with van der Waals surface area (Å²) in [6, 6.07) is 6.37. The monoisotopic (exact) mass is 204 g/mol. The van der Waals surface area contributed by atoms with Crippen molar-refractivity contribution in [3.8, 4) is 0 Å². The number of hydrogen-bond acceptors (Lipinski definition) is 2. The minimum atomic E-state index is -0.0335. The van der Waals surface area contributed by atoms with Crippen molar-refractivity contribution in [1.82, 2.24) is 5.32 Å². The van der Waals surface area contributed by atoms with Crippen molar-refractivity contribution in [2.45, 2.75) is 25.8 Å². The Labute approximate surface area is 89.9 Å². The quantitative estimate of drug-likeness (QED) is 0.790. The molecule has 1 fully saturated rings. The standard InChI is InChI=1S/C12H16N2O/c1-8-3-4-9(12(15)13-2)7-11(8)14-10-5-6-10/h3-4,7,10,14H,5-6H2,1-2H3,(H,13,15). The van der Waals surface area contributed by atoms with E-state index in [4.69, 9.17) is 0 Å². The Morgan fingerprint density at radius 2 is 2.13 bits per heavy atom. The highest BCUT2D eigenvalue weighted by Gasteiger charge is 2.21. The predicted molar refractivity (Wildman–Crippen MR) is 61.2 cm³/mol. The lowest BCUT2D eigenvalue weighted by Crippen LogP contribution is -2.18. The van der Waals surface area contributed by atoms with Crippen LogP contribution in [0.5, 0.6) is 0 Å². The first-order chi connectivity index (χ1) is 7.20. The minimum absolute atomic E-state index is 0.0335. The Bertz CT molecular complexity index is 383. The molecule has 2 N–H and O–H groups in total. The molecule has 1 amide bonds. The number of benzene rings is 1. The molecule has 1 aliphatic carbocycles. The fraction of sp³-hybridized carbons (Fsp3) is 0.417. The van der Waals surface area contributed by atoms with Gasteiger partial charge in [-0.3, -0.25) is 4.79 Å². The topological polar surface area (TPSA) is 41.1 Å². The van der Waals surface area contributed by atoms with Crippen molar-refractivity contribution in [3.05, 3.63) is 29.3 Å². The first-order valence-electron chi connectivity index (χ1n) is 5.30. The van der Waals surface area contributed by atoms with E-state index in [1.165, 1.54) is 18.4 Å². The van der Waals surface area contributed by atoms with Crippen LogP contribution in [0.25, 0.3) is 0 Å². The zero-order chi connectivity index (χ0) is 10.8. The molecule has 0 unspecified atom stereocenters. The predicted octanol–water partition coefficient (Wildman–Crippen LogP) is 1.93. The molecule has 80 valence electrons. The van der Waals surface area contributed by atoms with Gasteiger partial charge in [0.15, 0.2) is 0 Å². The Kier molecular flexibility index (Phi) is 2.62. The van der Waals surface area contributed by atoms with Gasteiger partial charge in [0.25, 0.3) is 5.91 Å². The second kappa shape index (κ2) is 3.93. The molecule has 15 heavy (non-hydrogen) atoms. The minimum Gasteiger partial charge on any atom is -0.382 e. The maximum Gasteiger partial charge on any atom is 0.251 e. The molecule has 0 radical (unpaired) electrons. The van der Waals surface area contributed by atoms with E-state index in [2.05, 4.69) is 17.6 Å². The van der Waals surface area contributed by atoms with Gasteiger partial charge in [-0.2, -0.15) is 0 Å². The summed E-state index contributed by atoms with van der Waals surface area (Å²) in [7, 11) is 1.65. The number of carbonyl (C=O) groups excluding carboxylic acids is 1. The molecule has 0 bridgehead atoms. The lowest BCUT2D eigenvalue weighted by atomic mass is 10.1. The zero-order valence-corrected chi connectivity index (χ0v) is 9.13. The van der Waals surface area contributed by atoms with E-state index in [0.717, 1.165) is 5.69 Å². The Morgan fingerprint density at radius 3 is 2.73 bits per heavy atom. The van der Waals surface area contributed by atoms with E-state index in [1.54, 1.807) is 7.05 Å². The van der Waals surface area contributed by atoms with Crippen LogP contribution in [0.3, 0.4) is 0 Å². The number of rotatable bonds is 3. The molecule has 0 aliphatic heterocycles. The maximum absolute atomic E-state index is 11.4. The summed E-state index contributed by atoms with van der Waals surface area (Å²) < 4.78 is 0. The van der Waals surface area contributed by atoms with E-state index >= 15 is 0 Å². The van der Waals surface area contributed by atoms with Gasteiger partial charge in [-0.1, -0.05) is 6.07 Å². The summed E-state index contributed by atoms with van der Waals surface area (Å²) in [5.41, 5.74) is 2.99. The fourth-order valence-corrected chi connectivity index (χ4v) is 1.51. The molecular formula is C12H16N2O. The van der Waals surface area contributed by atoms with Gasteiger partial charge >= 0.3 is 0 Å². The number of carbonyl (C=O) groups is 1. The Hall–Kier alpha value is -1.51. The van der Waals surface area contributed by atoms with Crippen LogP contribution in [0.1, 0.15) is 28.8 Å². The maximum atomic E-state index is 11.4. The van der Waals surface area contributed by atoms with Gasteiger partial charge in [0.1, 0.15) is 0 Å². The van der Waals surface area contributed by atoms with Gasteiger partial charge < -0.3 is 10.6 Å². The second-order valence-corrected chi connectivity index (χ2v) is 4.03. The number of anilines is 1. The summed E-state index contributed by atoms with van der Waals surface area (Å²) >= 11 is 0. The summed E-state index contributed by atoms with van der Waals surface area (Å²) in [6.45, 7) is 2.05. The lowest BCUT2D eigenvalue weighted by Gasteiger charge is -2.10. The molecule has 1 aliphatic rings. The number of amides is 1. The van der Waals surface area contributed by atoms with Crippen LogP contribution in [-0.2, 0) is 0 Å². The Morgan fingerprint density at radius 1 is 1.40 bits per heavy atom. The van der Waals surface area contributed by atoms with Gasteiger partial charge in [-0.15, -0.1) is 0 Å². The van der Waals surface area contributed by atoms with Crippen molar-refractivity contribution in [1.29, 1.82) is 0 Å². The second-order valence-electron chi connectivity index (χ2n) is 4.03. The summed E-state index contributed by atoms with van der Waals surface area (Å²) in [5, 5.41) is 6.05. The average molecular weight is 204 g/mol. The molecular weight excluding hydrogens is 188 g/mol. The van der Waals surface area contributed by atoms with Crippen molar-refractivity contribution in [3.63, 3.8) is 0 Å². The molecule has 0 heterocycles. The number of nitrogens with one attached hydrogen (secondary N) is 2. The highest BCUT2D eigenvalue weighted by atomic mass is 16.1. The normalized spacial score (nSPS) is 14.8. The molecule has 0 saturated heterocycles. The van der Waals surface area contributed by atoms with Gasteiger partial charge in [-0.25, -0.2) is 0 Å². The smallest absolute Gasteiger partial charge is 0.251 e. The fourth-order valence-electron chi connectivity index (χ4n) is 1.51. The van der Waals surface area contributed by atoms with Crippen molar-refractivity contribution in [2.24, 2.45) is 0 Å². The first-order valence-corrected chi connectivity index (χ1v) is 5.30. The third kappa shape index (κ3) is 2.29. The van der Waals surface area contributed by atoms with E-state index in [1.807, 2.05) is 18.2 Å². The van der Waals surface area contributed by atoms with Crippen LogP contribution in [0.2, 0.25) is 0 Å². The average Bonchev–Trinajstić information content (AvgIpc) is 3.04. The Balaban J connectivity index is 2.22. The van der Waals surface area contributed by atoms with E-state index in [9.17, 15) is 4.79 Å². The van der Waals surface area contributed by atoms with Crippen molar-refractivity contribution in [2.75, 3.05) is 12.4 Å². The van der Waals surface area contributed by atoms with Gasteiger partial charge in [0.2, 0.25) is 0 Å². The van der Waals surface area contributed by atoms with Crippen LogP contribution >= 0.6 is 0 Å². The third-order valence-electron chi connectivity index (χ3n) is 2.66. The van der Waals surface area contributed by atoms with Crippen LogP contribution in [0, 0.1) is 6.92 Å². The van der Waals surface area contributed by atoms with Gasteiger partial charge in [0, 0.05) is 24.3 Å². The highest BCUT2D eigenvalue weighted by molar-refractivity contribution is 5.95. The highest BCUT2D eigenvalue weighted by Crippen LogP contribution is 2.27. The summed E-state index contributed by atoms with van der Waals surface area (Å²) in [6.07, 6.45) is 2.48. The number of aryl methyl sites for hydroxylation is 1. The molecule has 0 aromatic heterocycles. The van der Waals surface area contributed by atoms with Gasteiger partial charge in [-0.05, 0) is 37.5 Å². The van der Waals surface area contributed by atoms with E-state index in [0.29, 0.717) is 11.6 Å². The molecule has 1 aromatic rings. The molecule has 0 atom stereocenters. The summed E-state index contributed by atoms with van der Waals surface area (Å²) in [4.78, 5) is 11.4. The van der Waals surface area contributed by atoms with Crippen LogP contribution in [0.4, 0.5) is 5.69 Å². The van der Waals surface area contributed by atoms with E-state index < -0.39 is 0 Å². The van der Waals surface area contributed by atoms with Crippen LogP contribution in [-0.4, -0.2) is 19.0 Å². The largest absolute Gasteiger partial charge is 0.382 e. The van der Waals surface area contributed by atoms with Crippen molar-refractivity contribution < 1.29 is 4.79 Å². The molecule has 3 heteroatoms.